The zero-order valence-corrected chi connectivity index (χ0v) is 13.8. The minimum atomic E-state index is -1.44. The number of hydrogen-bond donors (Lipinski definition) is 3. The van der Waals surface area contributed by atoms with Crippen LogP contribution in [0.15, 0.2) is 72.8 Å². The van der Waals surface area contributed by atoms with Crippen LogP contribution in [0.25, 0.3) is 0 Å². The predicted octanol–water partition coefficient (Wildman–Crippen LogP) is 2.86. The zero-order chi connectivity index (χ0) is 17.2. The van der Waals surface area contributed by atoms with Gasteiger partial charge in [-0.25, -0.2) is 0 Å². The van der Waals surface area contributed by atoms with Gasteiger partial charge in [0, 0.05) is 11.3 Å². The molecule has 0 heterocycles. The third-order valence-corrected chi connectivity index (χ3v) is 5.30. The van der Waals surface area contributed by atoms with Crippen LogP contribution in [0.5, 0.6) is 0 Å². The maximum Gasteiger partial charge on any atom is 0.154 e. The van der Waals surface area contributed by atoms with E-state index in [9.17, 15) is 15.3 Å². The number of rotatable bonds is 4. The molecule has 0 bridgehead atoms. The predicted molar refractivity (Wildman–Crippen MR) is 94.3 cm³/mol. The maximum absolute atomic E-state index is 10.4. The van der Waals surface area contributed by atoms with E-state index in [0.29, 0.717) is 6.42 Å². The van der Waals surface area contributed by atoms with E-state index in [-0.39, 0.29) is 11.3 Å². The molecule has 0 spiro atoms. The van der Waals surface area contributed by atoms with Crippen molar-refractivity contribution in [3.8, 4) is 0 Å². The first-order valence-electron chi connectivity index (χ1n) is 8.39. The van der Waals surface area contributed by atoms with Gasteiger partial charge >= 0.3 is 0 Å². The molecule has 3 N–H and O–H groups in total. The normalized spacial score (nSPS) is 24.0. The van der Waals surface area contributed by atoms with Crippen LogP contribution in [-0.2, 0) is 5.41 Å². The van der Waals surface area contributed by atoms with Crippen LogP contribution in [0.1, 0.15) is 24.5 Å². The average Bonchev–Trinajstić information content (AvgIpc) is 2.63. The van der Waals surface area contributed by atoms with Crippen LogP contribution in [0.4, 0.5) is 0 Å². The van der Waals surface area contributed by atoms with E-state index >= 15 is 0 Å². The standard InChI is InChI=1S/C21H24O3/c1-15(20(23)24)18-14-21(13-12-19(18)22,16-8-4-2-5-9-16)17-10-6-3-7-11-17/h2-13,15,18-20,22-24H,14H2,1H3. The molecule has 1 aliphatic rings. The highest BCUT2D eigenvalue weighted by Gasteiger charge is 2.42. The van der Waals surface area contributed by atoms with Crippen LogP contribution in [0, 0.1) is 11.8 Å². The molecule has 2 aromatic carbocycles. The van der Waals surface area contributed by atoms with Gasteiger partial charge in [-0.05, 0) is 23.5 Å². The van der Waals surface area contributed by atoms with Crippen molar-refractivity contribution in [3.05, 3.63) is 83.9 Å². The fourth-order valence-corrected chi connectivity index (χ4v) is 3.75. The molecule has 24 heavy (non-hydrogen) atoms. The molecule has 3 heteroatoms. The fraction of sp³-hybridized carbons (Fsp3) is 0.333. The van der Waals surface area contributed by atoms with Gasteiger partial charge in [-0.2, -0.15) is 0 Å². The second-order valence-electron chi connectivity index (χ2n) is 6.69. The third kappa shape index (κ3) is 3.03. The van der Waals surface area contributed by atoms with E-state index in [1.165, 1.54) is 0 Å². The van der Waals surface area contributed by atoms with Gasteiger partial charge in [0.1, 0.15) is 0 Å². The number of hydrogen-bond acceptors (Lipinski definition) is 3. The summed E-state index contributed by atoms with van der Waals surface area (Å²) < 4.78 is 0. The summed E-state index contributed by atoms with van der Waals surface area (Å²) in [6.45, 7) is 1.78. The summed E-state index contributed by atoms with van der Waals surface area (Å²) in [5.41, 5.74) is 1.91. The van der Waals surface area contributed by atoms with Crippen molar-refractivity contribution in [3.63, 3.8) is 0 Å². The highest BCUT2D eigenvalue weighted by atomic mass is 16.5. The van der Waals surface area contributed by atoms with E-state index < -0.39 is 18.3 Å². The molecule has 126 valence electrons. The number of aliphatic hydroxyl groups excluding tert-OH is 2. The molecule has 3 unspecified atom stereocenters. The Kier molecular flexibility index (Phi) is 4.86. The molecular formula is C21H24O3. The minimum Gasteiger partial charge on any atom is -0.389 e. The van der Waals surface area contributed by atoms with Gasteiger partial charge in [0.05, 0.1) is 6.10 Å². The van der Waals surface area contributed by atoms with E-state index in [2.05, 4.69) is 30.3 Å². The van der Waals surface area contributed by atoms with Crippen molar-refractivity contribution in [2.24, 2.45) is 11.8 Å². The lowest BCUT2D eigenvalue weighted by molar-refractivity contribution is -0.110. The maximum atomic E-state index is 10.4. The molecule has 0 aliphatic heterocycles. The molecule has 0 radical (unpaired) electrons. The van der Waals surface area contributed by atoms with Crippen LogP contribution in [0.3, 0.4) is 0 Å². The average molecular weight is 324 g/mol. The second-order valence-corrected chi connectivity index (χ2v) is 6.69. The van der Waals surface area contributed by atoms with Gasteiger partial charge < -0.3 is 15.3 Å². The molecule has 0 saturated carbocycles. The molecule has 0 aromatic heterocycles. The SMILES string of the molecule is CC(C(O)O)C1CC(c2ccccc2)(c2ccccc2)C=CC1O. The van der Waals surface area contributed by atoms with Crippen LogP contribution in [-0.4, -0.2) is 27.7 Å². The summed E-state index contributed by atoms with van der Waals surface area (Å²) in [6, 6.07) is 20.4. The summed E-state index contributed by atoms with van der Waals surface area (Å²) >= 11 is 0. The molecule has 3 rings (SSSR count). The first kappa shape index (κ1) is 16.9. The minimum absolute atomic E-state index is 0.240. The van der Waals surface area contributed by atoms with Crippen molar-refractivity contribution in [2.75, 3.05) is 0 Å². The lowest BCUT2D eigenvalue weighted by Gasteiger charge is -2.42. The molecule has 0 amide bonds. The van der Waals surface area contributed by atoms with E-state index in [0.717, 1.165) is 11.1 Å². The van der Waals surface area contributed by atoms with Crippen LogP contribution >= 0.6 is 0 Å². The summed E-state index contributed by atoms with van der Waals surface area (Å²) in [7, 11) is 0. The summed E-state index contributed by atoms with van der Waals surface area (Å²) in [5, 5.41) is 29.7. The van der Waals surface area contributed by atoms with E-state index in [1.54, 1.807) is 13.0 Å². The lowest BCUT2D eigenvalue weighted by atomic mass is 9.63. The first-order chi connectivity index (χ1) is 11.5. The zero-order valence-electron chi connectivity index (χ0n) is 13.8. The fourth-order valence-electron chi connectivity index (χ4n) is 3.75. The van der Waals surface area contributed by atoms with Crippen LogP contribution in [0.2, 0.25) is 0 Å². The Morgan fingerprint density at radius 3 is 1.88 bits per heavy atom. The summed E-state index contributed by atoms with van der Waals surface area (Å²) in [6.07, 6.45) is 2.36. The van der Waals surface area contributed by atoms with Gasteiger partial charge in [0.15, 0.2) is 6.29 Å². The van der Waals surface area contributed by atoms with Crippen molar-refractivity contribution < 1.29 is 15.3 Å². The molecular weight excluding hydrogens is 300 g/mol. The molecule has 3 nitrogen and oxygen atoms in total. The molecule has 1 aliphatic carbocycles. The molecule has 2 aromatic rings. The Hall–Kier alpha value is -1.94. The van der Waals surface area contributed by atoms with Crippen molar-refractivity contribution >= 4 is 0 Å². The van der Waals surface area contributed by atoms with E-state index in [4.69, 9.17) is 0 Å². The highest BCUT2D eigenvalue weighted by Crippen LogP contribution is 2.45. The van der Waals surface area contributed by atoms with Crippen molar-refractivity contribution in [2.45, 2.75) is 31.2 Å². The Labute approximate surface area is 142 Å². The van der Waals surface area contributed by atoms with Gasteiger partial charge in [-0.1, -0.05) is 79.7 Å². The summed E-state index contributed by atoms with van der Waals surface area (Å²) in [4.78, 5) is 0. The van der Waals surface area contributed by atoms with Gasteiger partial charge in [0.2, 0.25) is 0 Å². The van der Waals surface area contributed by atoms with Crippen molar-refractivity contribution in [1.29, 1.82) is 0 Å². The van der Waals surface area contributed by atoms with E-state index in [1.807, 2.05) is 36.4 Å². The number of aliphatic hydroxyl groups is 3. The van der Waals surface area contributed by atoms with Gasteiger partial charge in [-0.15, -0.1) is 0 Å². The lowest BCUT2D eigenvalue weighted by Crippen LogP contribution is -2.42. The topological polar surface area (TPSA) is 60.7 Å². The number of allylic oxidation sites excluding steroid dienone is 1. The largest absolute Gasteiger partial charge is 0.389 e. The van der Waals surface area contributed by atoms with Gasteiger partial charge in [-0.3, -0.25) is 0 Å². The highest BCUT2D eigenvalue weighted by molar-refractivity contribution is 5.46. The molecule has 0 fully saturated rings. The van der Waals surface area contributed by atoms with Crippen LogP contribution < -0.4 is 0 Å². The Morgan fingerprint density at radius 2 is 1.42 bits per heavy atom. The Balaban J connectivity index is 2.11. The Morgan fingerprint density at radius 1 is 0.917 bits per heavy atom. The second kappa shape index (κ2) is 6.89. The van der Waals surface area contributed by atoms with Crippen molar-refractivity contribution in [1.82, 2.24) is 0 Å². The smallest absolute Gasteiger partial charge is 0.154 e. The quantitative estimate of drug-likeness (QED) is 0.599. The first-order valence-corrected chi connectivity index (χ1v) is 8.39. The third-order valence-electron chi connectivity index (χ3n) is 5.30. The van der Waals surface area contributed by atoms with Gasteiger partial charge in [0.25, 0.3) is 0 Å². The monoisotopic (exact) mass is 324 g/mol. The summed E-state index contributed by atoms with van der Waals surface area (Å²) in [5.74, 6) is -0.660. The molecule has 0 saturated heterocycles. The molecule has 3 atom stereocenters. The Bertz CT molecular complexity index is 639. The number of benzene rings is 2.